The Morgan fingerprint density at radius 1 is 1.24 bits per heavy atom. The average molecular weight is 303 g/mol. The molecule has 5 heteroatoms. The summed E-state index contributed by atoms with van der Waals surface area (Å²) in [6.45, 7) is 1.36. The summed E-state index contributed by atoms with van der Waals surface area (Å²) in [7, 11) is 0. The lowest BCUT2D eigenvalue weighted by Gasteiger charge is -2.32. The zero-order chi connectivity index (χ0) is 14.5. The van der Waals surface area contributed by atoms with E-state index in [4.69, 9.17) is 0 Å². The molecule has 2 N–H and O–H groups in total. The van der Waals surface area contributed by atoms with E-state index in [-0.39, 0.29) is 0 Å². The first-order chi connectivity index (χ1) is 10.3. The van der Waals surface area contributed by atoms with E-state index in [1.54, 1.807) is 17.5 Å². The first-order valence-corrected chi connectivity index (χ1v) is 8.42. The second kappa shape index (κ2) is 6.64. The van der Waals surface area contributed by atoms with Crippen molar-refractivity contribution in [3.63, 3.8) is 0 Å². The van der Waals surface area contributed by atoms with Crippen molar-refractivity contribution in [3.8, 4) is 10.7 Å². The van der Waals surface area contributed by atoms with E-state index in [9.17, 15) is 5.11 Å². The SMILES string of the molecule is OC1(CNCc2csc(-c3ccccn3)n2)CCCCC1. The maximum Gasteiger partial charge on any atom is 0.142 e. The normalized spacial score (nSPS) is 17.8. The highest BCUT2D eigenvalue weighted by Gasteiger charge is 2.28. The van der Waals surface area contributed by atoms with Crippen molar-refractivity contribution >= 4 is 11.3 Å². The van der Waals surface area contributed by atoms with Crippen LogP contribution in [0.4, 0.5) is 0 Å². The summed E-state index contributed by atoms with van der Waals surface area (Å²) in [6, 6.07) is 5.85. The second-order valence-electron chi connectivity index (χ2n) is 5.75. The minimum Gasteiger partial charge on any atom is -0.389 e. The van der Waals surface area contributed by atoms with Gasteiger partial charge >= 0.3 is 0 Å². The topological polar surface area (TPSA) is 58.0 Å². The van der Waals surface area contributed by atoms with Gasteiger partial charge in [0.2, 0.25) is 0 Å². The monoisotopic (exact) mass is 303 g/mol. The molecular formula is C16H21N3OS. The van der Waals surface area contributed by atoms with Gasteiger partial charge in [-0.15, -0.1) is 11.3 Å². The summed E-state index contributed by atoms with van der Waals surface area (Å²) in [5, 5.41) is 16.8. The maximum absolute atomic E-state index is 10.4. The molecular weight excluding hydrogens is 282 g/mol. The number of nitrogens with one attached hydrogen (secondary N) is 1. The molecule has 2 heterocycles. The van der Waals surface area contributed by atoms with Crippen LogP contribution in [0.2, 0.25) is 0 Å². The van der Waals surface area contributed by atoms with Crippen molar-refractivity contribution in [2.24, 2.45) is 0 Å². The Labute approximate surface area is 129 Å². The molecule has 0 radical (unpaired) electrons. The van der Waals surface area contributed by atoms with Crippen molar-refractivity contribution < 1.29 is 5.11 Å². The quantitative estimate of drug-likeness (QED) is 0.891. The fourth-order valence-electron chi connectivity index (χ4n) is 2.80. The number of rotatable bonds is 5. The molecule has 0 spiro atoms. The van der Waals surface area contributed by atoms with Crippen LogP contribution in [-0.4, -0.2) is 27.2 Å². The van der Waals surface area contributed by atoms with Crippen LogP contribution in [0.15, 0.2) is 29.8 Å². The smallest absolute Gasteiger partial charge is 0.142 e. The van der Waals surface area contributed by atoms with Gasteiger partial charge < -0.3 is 10.4 Å². The highest BCUT2D eigenvalue weighted by Crippen LogP contribution is 2.27. The lowest BCUT2D eigenvalue weighted by Crippen LogP contribution is -2.41. The van der Waals surface area contributed by atoms with Crippen LogP contribution in [0.5, 0.6) is 0 Å². The molecule has 1 aliphatic rings. The molecule has 112 valence electrons. The van der Waals surface area contributed by atoms with Crippen molar-refractivity contribution in [1.29, 1.82) is 0 Å². The Bertz CT molecular complexity index is 564. The van der Waals surface area contributed by atoms with Crippen LogP contribution in [-0.2, 0) is 6.54 Å². The minimum atomic E-state index is -0.516. The zero-order valence-electron chi connectivity index (χ0n) is 12.1. The van der Waals surface area contributed by atoms with Gasteiger partial charge in [-0.3, -0.25) is 4.98 Å². The van der Waals surface area contributed by atoms with E-state index >= 15 is 0 Å². The number of pyridine rings is 1. The second-order valence-corrected chi connectivity index (χ2v) is 6.61. The number of hydrogen-bond acceptors (Lipinski definition) is 5. The van der Waals surface area contributed by atoms with E-state index in [1.165, 1.54) is 6.42 Å². The molecule has 0 bridgehead atoms. The average Bonchev–Trinajstić information content (AvgIpc) is 2.98. The predicted molar refractivity (Wildman–Crippen MR) is 85.1 cm³/mol. The fourth-order valence-corrected chi connectivity index (χ4v) is 3.60. The maximum atomic E-state index is 10.4. The van der Waals surface area contributed by atoms with Crippen molar-refractivity contribution in [3.05, 3.63) is 35.5 Å². The van der Waals surface area contributed by atoms with Crippen LogP contribution < -0.4 is 5.32 Å². The van der Waals surface area contributed by atoms with Crippen LogP contribution in [0.1, 0.15) is 37.8 Å². The number of thiazole rings is 1. The lowest BCUT2D eigenvalue weighted by molar-refractivity contribution is 0.00463. The fraction of sp³-hybridized carbons (Fsp3) is 0.500. The van der Waals surface area contributed by atoms with Crippen LogP contribution in [0, 0.1) is 0 Å². The zero-order valence-corrected chi connectivity index (χ0v) is 12.9. The van der Waals surface area contributed by atoms with Gasteiger partial charge in [-0.25, -0.2) is 4.98 Å². The van der Waals surface area contributed by atoms with Crippen molar-refractivity contribution in [2.45, 2.75) is 44.2 Å². The van der Waals surface area contributed by atoms with Crippen molar-refractivity contribution in [2.75, 3.05) is 6.54 Å². The Morgan fingerprint density at radius 3 is 2.86 bits per heavy atom. The van der Waals surface area contributed by atoms with E-state index in [2.05, 4.69) is 20.7 Å². The molecule has 1 saturated carbocycles. The summed E-state index contributed by atoms with van der Waals surface area (Å²) in [4.78, 5) is 8.91. The van der Waals surface area contributed by atoms with Gasteiger partial charge in [-0.05, 0) is 25.0 Å². The first-order valence-electron chi connectivity index (χ1n) is 7.54. The van der Waals surface area contributed by atoms with Crippen LogP contribution in [0.3, 0.4) is 0 Å². The Morgan fingerprint density at radius 2 is 2.10 bits per heavy atom. The minimum absolute atomic E-state index is 0.516. The molecule has 2 aromatic rings. The molecule has 3 rings (SSSR count). The number of aliphatic hydroxyl groups is 1. The van der Waals surface area contributed by atoms with E-state index < -0.39 is 5.60 Å². The Kier molecular flexibility index (Phi) is 4.63. The summed E-state index contributed by atoms with van der Waals surface area (Å²) in [5.41, 5.74) is 1.41. The summed E-state index contributed by atoms with van der Waals surface area (Å²) < 4.78 is 0. The van der Waals surface area contributed by atoms with Gasteiger partial charge in [-0.2, -0.15) is 0 Å². The molecule has 4 nitrogen and oxygen atoms in total. The molecule has 1 aliphatic carbocycles. The molecule has 1 fully saturated rings. The molecule has 21 heavy (non-hydrogen) atoms. The number of nitrogens with zero attached hydrogens (tertiary/aromatic N) is 2. The summed E-state index contributed by atoms with van der Waals surface area (Å²) >= 11 is 1.61. The molecule has 0 aromatic carbocycles. The molecule has 0 unspecified atom stereocenters. The first kappa shape index (κ1) is 14.6. The predicted octanol–water partition coefficient (Wildman–Crippen LogP) is 2.99. The third-order valence-corrected chi connectivity index (χ3v) is 4.89. The van der Waals surface area contributed by atoms with Gasteiger partial charge in [-0.1, -0.05) is 25.3 Å². The van der Waals surface area contributed by atoms with Gasteiger partial charge in [0.1, 0.15) is 5.01 Å². The highest BCUT2D eigenvalue weighted by molar-refractivity contribution is 7.13. The Hall–Kier alpha value is -1.30. The van der Waals surface area contributed by atoms with Gasteiger partial charge in [0.25, 0.3) is 0 Å². The molecule has 2 aromatic heterocycles. The standard InChI is InChI=1S/C16H21N3OS/c20-16(7-3-1-4-8-16)12-17-10-13-11-21-15(19-13)14-6-2-5-9-18-14/h2,5-6,9,11,17,20H,1,3-4,7-8,10,12H2. The van der Waals surface area contributed by atoms with Gasteiger partial charge in [0.15, 0.2) is 0 Å². The van der Waals surface area contributed by atoms with Crippen LogP contribution >= 0.6 is 11.3 Å². The largest absolute Gasteiger partial charge is 0.389 e. The molecule has 0 saturated heterocycles. The van der Waals surface area contributed by atoms with Crippen LogP contribution in [0.25, 0.3) is 10.7 Å². The number of aromatic nitrogens is 2. The molecule has 0 aliphatic heterocycles. The van der Waals surface area contributed by atoms with E-state index in [1.807, 2.05) is 18.2 Å². The summed E-state index contributed by atoms with van der Waals surface area (Å²) in [5.74, 6) is 0. The van der Waals surface area contributed by atoms with E-state index in [0.717, 1.165) is 42.1 Å². The lowest BCUT2D eigenvalue weighted by atomic mass is 9.85. The molecule has 0 amide bonds. The van der Waals surface area contributed by atoms with E-state index in [0.29, 0.717) is 13.1 Å². The Balaban J connectivity index is 1.53. The third kappa shape index (κ3) is 3.87. The highest BCUT2D eigenvalue weighted by atomic mass is 32.1. The van der Waals surface area contributed by atoms with Crippen molar-refractivity contribution in [1.82, 2.24) is 15.3 Å². The van der Waals surface area contributed by atoms with Gasteiger partial charge in [0.05, 0.1) is 17.0 Å². The third-order valence-electron chi connectivity index (χ3n) is 3.98. The van der Waals surface area contributed by atoms with Gasteiger partial charge in [0, 0.05) is 24.7 Å². The summed E-state index contributed by atoms with van der Waals surface area (Å²) in [6.07, 6.45) is 7.14. The molecule has 0 atom stereocenters. The number of hydrogen-bond donors (Lipinski definition) is 2.